The molecule has 0 N–H and O–H groups in total. The Bertz CT molecular complexity index is 793. The van der Waals surface area contributed by atoms with Crippen molar-refractivity contribution in [1.29, 1.82) is 0 Å². The predicted octanol–water partition coefficient (Wildman–Crippen LogP) is 5.12. The molecule has 0 saturated carbocycles. The fraction of sp³-hybridized carbons (Fsp3) is 0.118. The first kappa shape index (κ1) is 14.1. The summed E-state index contributed by atoms with van der Waals surface area (Å²) in [4.78, 5) is 13.1. The first-order valence-corrected chi connectivity index (χ1v) is 7.74. The van der Waals surface area contributed by atoms with Gasteiger partial charge in [0, 0.05) is 9.72 Å². The number of aryl methyl sites for hydroxylation is 1. The molecule has 3 rings (SSSR count). The number of para-hydroxylation sites is 1. The van der Waals surface area contributed by atoms with E-state index < -0.39 is 0 Å². The van der Waals surface area contributed by atoms with E-state index in [-0.39, 0.29) is 12.4 Å². The topological polar surface area (TPSA) is 26.3 Å². The second kappa shape index (κ2) is 5.88. The Morgan fingerprint density at radius 1 is 1.19 bits per heavy atom. The Morgan fingerprint density at radius 2 is 1.95 bits per heavy atom. The maximum atomic E-state index is 12.3. The number of halogens is 1. The molecule has 2 aromatic carbocycles. The lowest BCUT2D eigenvalue weighted by Gasteiger charge is -2.04. The highest BCUT2D eigenvalue weighted by Gasteiger charge is 2.16. The lowest BCUT2D eigenvalue weighted by molar-refractivity contribution is 0.0925. The van der Waals surface area contributed by atoms with Gasteiger partial charge in [-0.1, -0.05) is 29.8 Å². The Kier molecular flexibility index (Phi) is 3.95. The third kappa shape index (κ3) is 2.94. The minimum absolute atomic E-state index is 0.00586. The average molecular weight is 317 g/mol. The van der Waals surface area contributed by atoms with Gasteiger partial charge >= 0.3 is 0 Å². The number of benzene rings is 2. The highest BCUT2D eigenvalue weighted by Crippen LogP contribution is 2.33. The first-order valence-electron chi connectivity index (χ1n) is 6.55. The van der Waals surface area contributed by atoms with Crippen molar-refractivity contribution in [2.45, 2.75) is 6.92 Å². The van der Waals surface area contributed by atoms with Crippen LogP contribution in [0.5, 0.6) is 5.75 Å². The Morgan fingerprint density at radius 3 is 2.71 bits per heavy atom. The van der Waals surface area contributed by atoms with Crippen LogP contribution in [0.15, 0.2) is 48.5 Å². The third-order valence-corrected chi connectivity index (χ3v) is 4.81. The quantitative estimate of drug-likeness (QED) is 0.624. The van der Waals surface area contributed by atoms with E-state index in [0.29, 0.717) is 10.8 Å². The van der Waals surface area contributed by atoms with Crippen molar-refractivity contribution in [3.05, 3.63) is 64.0 Å². The number of Topliss-reactive ketones (excluding diaryl/α,β-unsaturated/α-hetero) is 1. The molecule has 0 aliphatic heterocycles. The molecule has 0 bridgehead atoms. The number of hydrogen-bond acceptors (Lipinski definition) is 3. The summed E-state index contributed by atoms with van der Waals surface area (Å²) >= 11 is 7.50. The molecule has 21 heavy (non-hydrogen) atoms. The predicted molar refractivity (Wildman–Crippen MR) is 87.8 cm³/mol. The van der Waals surface area contributed by atoms with E-state index in [1.54, 1.807) is 0 Å². The summed E-state index contributed by atoms with van der Waals surface area (Å²) < 4.78 is 6.60. The van der Waals surface area contributed by atoms with Gasteiger partial charge in [-0.2, -0.15) is 0 Å². The fourth-order valence-corrected chi connectivity index (χ4v) is 3.48. The summed E-state index contributed by atoms with van der Waals surface area (Å²) in [5, 5.41) is 1.72. The summed E-state index contributed by atoms with van der Waals surface area (Å²) in [5.41, 5.74) is 0.971. The van der Waals surface area contributed by atoms with E-state index in [4.69, 9.17) is 16.3 Å². The van der Waals surface area contributed by atoms with Crippen LogP contribution < -0.4 is 4.74 Å². The molecule has 106 valence electrons. The van der Waals surface area contributed by atoms with Crippen LogP contribution in [0.3, 0.4) is 0 Å². The zero-order chi connectivity index (χ0) is 14.8. The molecule has 1 aromatic heterocycles. The molecule has 0 saturated heterocycles. The maximum absolute atomic E-state index is 12.3. The van der Waals surface area contributed by atoms with Crippen LogP contribution in [0.1, 0.15) is 15.2 Å². The van der Waals surface area contributed by atoms with Crippen LogP contribution in [-0.2, 0) is 0 Å². The maximum Gasteiger partial charge on any atom is 0.210 e. The van der Waals surface area contributed by atoms with Gasteiger partial charge < -0.3 is 4.74 Å². The largest absolute Gasteiger partial charge is 0.485 e. The van der Waals surface area contributed by atoms with Gasteiger partial charge in [-0.25, -0.2) is 0 Å². The van der Waals surface area contributed by atoms with Crippen molar-refractivity contribution in [2.75, 3.05) is 6.61 Å². The molecule has 0 fully saturated rings. The van der Waals surface area contributed by atoms with Crippen LogP contribution in [0.25, 0.3) is 10.1 Å². The highest BCUT2D eigenvalue weighted by atomic mass is 35.5. The molecule has 1 heterocycles. The van der Waals surface area contributed by atoms with Crippen LogP contribution in [0, 0.1) is 6.92 Å². The van der Waals surface area contributed by atoms with Gasteiger partial charge in [-0.05, 0) is 48.2 Å². The van der Waals surface area contributed by atoms with E-state index in [0.717, 1.165) is 20.5 Å². The van der Waals surface area contributed by atoms with Crippen LogP contribution in [-0.4, -0.2) is 12.4 Å². The molecule has 0 spiro atoms. The zero-order valence-corrected chi connectivity index (χ0v) is 13.0. The number of thiophene rings is 1. The van der Waals surface area contributed by atoms with Crippen LogP contribution in [0.4, 0.5) is 0 Å². The lowest BCUT2D eigenvalue weighted by atomic mass is 10.1. The van der Waals surface area contributed by atoms with E-state index >= 15 is 0 Å². The molecule has 0 atom stereocenters. The van der Waals surface area contributed by atoms with Crippen LogP contribution in [0.2, 0.25) is 5.02 Å². The minimum Gasteiger partial charge on any atom is -0.485 e. The van der Waals surface area contributed by atoms with Crippen molar-refractivity contribution < 1.29 is 9.53 Å². The van der Waals surface area contributed by atoms with E-state index in [1.807, 2.05) is 55.5 Å². The van der Waals surface area contributed by atoms with Gasteiger partial charge in [0.1, 0.15) is 5.75 Å². The second-order valence-electron chi connectivity index (χ2n) is 4.72. The number of ketones is 1. The van der Waals surface area contributed by atoms with E-state index in [9.17, 15) is 4.79 Å². The number of carbonyl (C=O) groups is 1. The van der Waals surface area contributed by atoms with Gasteiger partial charge in [0.15, 0.2) is 6.61 Å². The first-order chi connectivity index (χ1) is 10.1. The normalized spacial score (nSPS) is 10.8. The number of hydrogen-bond donors (Lipinski definition) is 0. The fourth-order valence-electron chi connectivity index (χ4n) is 2.19. The van der Waals surface area contributed by atoms with Crippen LogP contribution >= 0.6 is 22.9 Å². The zero-order valence-electron chi connectivity index (χ0n) is 11.4. The number of rotatable bonds is 4. The Hall–Kier alpha value is -1.84. The van der Waals surface area contributed by atoms with Gasteiger partial charge in [0.05, 0.1) is 4.88 Å². The number of carbonyl (C=O) groups excluding carboxylic acids is 1. The molecule has 0 unspecified atom stereocenters. The highest BCUT2D eigenvalue weighted by molar-refractivity contribution is 7.21. The lowest BCUT2D eigenvalue weighted by Crippen LogP contribution is -2.11. The van der Waals surface area contributed by atoms with E-state index in [2.05, 4.69) is 0 Å². The standard InChI is InChI=1S/C17H13ClO2S/c1-11-14-9-12(18)7-8-16(14)21-17(11)15(19)10-20-13-5-3-2-4-6-13/h2-9H,10H2,1H3. The molecular weight excluding hydrogens is 304 g/mol. The van der Waals surface area contributed by atoms with Crippen molar-refractivity contribution in [3.63, 3.8) is 0 Å². The summed E-state index contributed by atoms with van der Waals surface area (Å²) in [6, 6.07) is 15.0. The molecule has 0 aliphatic rings. The smallest absolute Gasteiger partial charge is 0.210 e. The Labute approximate surface area is 131 Å². The second-order valence-corrected chi connectivity index (χ2v) is 6.21. The molecule has 0 radical (unpaired) electrons. The van der Waals surface area contributed by atoms with E-state index in [1.165, 1.54) is 11.3 Å². The molecule has 0 amide bonds. The van der Waals surface area contributed by atoms with Gasteiger partial charge in [-0.3, -0.25) is 4.79 Å². The molecule has 0 aliphatic carbocycles. The minimum atomic E-state index is -0.00586. The molecular formula is C17H13ClO2S. The van der Waals surface area contributed by atoms with Crippen molar-refractivity contribution >= 4 is 38.8 Å². The van der Waals surface area contributed by atoms with Gasteiger partial charge in [0.25, 0.3) is 0 Å². The Balaban J connectivity index is 1.83. The monoisotopic (exact) mass is 316 g/mol. The van der Waals surface area contributed by atoms with Crippen molar-refractivity contribution in [2.24, 2.45) is 0 Å². The summed E-state index contributed by atoms with van der Waals surface area (Å²) in [5.74, 6) is 0.696. The van der Waals surface area contributed by atoms with Crippen molar-refractivity contribution in [1.82, 2.24) is 0 Å². The van der Waals surface area contributed by atoms with Gasteiger partial charge in [0.2, 0.25) is 5.78 Å². The molecule has 3 aromatic rings. The number of fused-ring (bicyclic) bond motifs is 1. The summed E-state index contributed by atoms with van der Waals surface area (Å²) in [6.45, 7) is 2.00. The third-order valence-electron chi connectivity index (χ3n) is 3.26. The summed E-state index contributed by atoms with van der Waals surface area (Å²) in [6.07, 6.45) is 0. The van der Waals surface area contributed by atoms with Crippen molar-refractivity contribution in [3.8, 4) is 5.75 Å². The SMILES string of the molecule is Cc1c(C(=O)COc2ccccc2)sc2ccc(Cl)cc12. The number of ether oxygens (including phenoxy) is 1. The van der Waals surface area contributed by atoms with Gasteiger partial charge in [-0.15, -0.1) is 11.3 Å². The summed E-state index contributed by atoms with van der Waals surface area (Å²) in [7, 11) is 0. The average Bonchev–Trinajstić information content (AvgIpc) is 2.83. The molecule has 2 nitrogen and oxygen atoms in total. The molecule has 4 heteroatoms.